The summed E-state index contributed by atoms with van der Waals surface area (Å²) in [6.45, 7) is -1.53. The molecule has 39 heavy (non-hydrogen) atoms. The molecule has 2 heterocycles. The maximum absolute atomic E-state index is 13.2. The van der Waals surface area contributed by atoms with Crippen molar-refractivity contribution >= 4 is 17.4 Å². The van der Waals surface area contributed by atoms with Crippen LogP contribution in [0.4, 0.5) is 26.3 Å². The SMILES string of the molecule is O=C(CCC1(c2cccc(C(F)(F)F)c2)COC1)Cn1nc(-c2ccc(Cl)cc2)n(CC(O)C(F)(F)F)c1=O. The van der Waals surface area contributed by atoms with Crippen molar-refractivity contribution < 1.29 is 41.0 Å². The minimum absolute atomic E-state index is 0.103. The Hall–Kier alpha value is -3.16. The molecule has 1 atom stereocenters. The van der Waals surface area contributed by atoms with Crippen molar-refractivity contribution in [3.63, 3.8) is 0 Å². The Kier molecular flexibility index (Phi) is 7.97. The van der Waals surface area contributed by atoms with Crippen LogP contribution in [0, 0.1) is 0 Å². The molecule has 7 nitrogen and oxygen atoms in total. The number of carbonyl (C=O) groups excluding carboxylic acids is 1. The van der Waals surface area contributed by atoms with Gasteiger partial charge >= 0.3 is 18.0 Å². The number of rotatable bonds is 9. The predicted molar refractivity (Wildman–Crippen MR) is 127 cm³/mol. The van der Waals surface area contributed by atoms with Crippen molar-refractivity contribution in [2.75, 3.05) is 13.2 Å². The summed E-state index contributed by atoms with van der Waals surface area (Å²) in [7, 11) is 0. The summed E-state index contributed by atoms with van der Waals surface area (Å²) in [5.74, 6) is -0.723. The first-order valence-corrected chi connectivity index (χ1v) is 12.0. The zero-order valence-corrected chi connectivity index (χ0v) is 20.9. The van der Waals surface area contributed by atoms with Gasteiger partial charge < -0.3 is 9.84 Å². The summed E-state index contributed by atoms with van der Waals surface area (Å²) in [5.41, 5.74) is -2.11. The third-order valence-electron chi connectivity index (χ3n) is 6.53. The molecular weight excluding hydrogens is 556 g/mol. The summed E-state index contributed by atoms with van der Waals surface area (Å²) in [6, 6.07) is 10.5. The summed E-state index contributed by atoms with van der Waals surface area (Å²) in [5, 5.41) is 13.9. The lowest BCUT2D eigenvalue weighted by molar-refractivity contribution is -0.207. The second-order valence-electron chi connectivity index (χ2n) is 9.33. The number of Topliss-reactive ketones (excluding diaryl/α,β-unsaturated/α-hetero) is 1. The van der Waals surface area contributed by atoms with E-state index in [1.807, 2.05) is 0 Å². The number of aromatic nitrogens is 3. The van der Waals surface area contributed by atoms with E-state index in [0.717, 1.165) is 12.1 Å². The monoisotopic (exact) mass is 577 g/mol. The molecule has 4 rings (SSSR count). The lowest BCUT2D eigenvalue weighted by atomic mass is 9.74. The minimum atomic E-state index is -5.00. The number of nitrogens with zero attached hydrogens (tertiary/aromatic N) is 3. The summed E-state index contributed by atoms with van der Waals surface area (Å²) in [6.07, 6.45) is -12.4. The van der Waals surface area contributed by atoms with Gasteiger partial charge in [-0.15, -0.1) is 5.10 Å². The fourth-order valence-corrected chi connectivity index (χ4v) is 4.38. The number of carbonyl (C=O) groups is 1. The molecule has 1 unspecified atom stereocenters. The molecule has 1 aliphatic rings. The van der Waals surface area contributed by atoms with Crippen LogP contribution in [0.15, 0.2) is 53.3 Å². The maximum Gasteiger partial charge on any atom is 0.416 e. The topological polar surface area (TPSA) is 86.3 Å². The summed E-state index contributed by atoms with van der Waals surface area (Å²) in [4.78, 5) is 25.7. The third-order valence-corrected chi connectivity index (χ3v) is 6.78. The molecule has 1 N–H and O–H groups in total. The van der Waals surface area contributed by atoms with Crippen molar-refractivity contribution in [3.05, 3.63) is 75.2 Å². The van der Waals surface area contributed by atoms with Crippen LogP contribution >= 0.6 is 11.6 Å². The van der Waals surface area contributed by atoms with Gasteiger partial charge in [0.15, 0.2) is 17.7 Å². The fraction of sp³-hybridized carbons (Fsp3) is 0.400. The van der Waals surface area contributed by atoms with E-state index in [2.05, 4.69) is 5.10 Å². The first kappa shape index (κ1) is 28.8. The van der Waals surface area contributed by atoms with E-state index in [1.54, 1.807) is 0 Å². The Balaban J connectivity index is 1.55. The molecule has 1 saturated heterocycles. The van der Waals surface area contributed by atoms with Crippen molar-refractivity contribution in [2.24, 2.45) is 0 Å². The molecule has 0 radical (unpaired) electrons. The van der Waals surface area contributed by atoms with Gasteiger partial charge in [-0.05, 0) is 42.3 Å². The number of halogens is 7. The minimum Gasteiger partial charge on any atom is -0.382 e. The van der Waals surface area contributed by atoms with Gasteiger partial charge in [-0.1, -0.05) is 29.8 Å². The highest BCUT2D eigenvalue weighted by atomic mass is 35.5. The van der Waals surface area contributed by atoms with Crippen LogP contribution in [0.25, 0.3) is 11.4 Å². The molecule has 0 saturated carbocycles. The first-order chi connectivity index (χ1) is 18.2. The molecule has 2 aromatic carbocycles. The highest BCUT2D eigenvalue weighted by molar-refractivity contribution is 6.30. The van der Waals surface area contributed by atoms with E-state index in [4.69, 9.17) is 16.3 Å². The summed E-state index contributed by atoms with van der Waals surface area (Å²) >= 11 is 5.86. The van der Waals surface area contributed by atoms with Crippen LogP contribution in [-0.4, -0.2) is 50.7 Å². The van der Waals surface area contributed by atoms with Crippen LogP contribution in [-0.2, 0) is 34.2 Å². The van der Waals surface area contributed by atoms with Crippen molar-refractivity contribution in [1.82, 2.24) is 14.3 Å². The number of ether oxygens (including phenoxy) is 1. The highest BCUT2D eigenvalue weighted by Crippen LogP contribution is 2.39. The normalized spacial score (nSPS) is 16.1. The van der Waals surface area contributed by atoms with Gasteiger partial charge in [0.1, 0.15) is 6.54 Å². The quantitative estimate of drug-likeness (QED) is 0.375. The molecule has 210 valence electrons. The van der Waals surface area contributed by atoms with Gasteiger partial charge in [0.25, 0.3) is 0 Å². The van der Waals surface area contributed by atoms with Gasteiger partial charge in [0.2, 0.25) is 0 Å². The molecule has 1 aliphatic heterocycles. The lowest BCUT2D eigenvalue weighted by Crippen LogP contribution is -2.47. The molecule has 0 bridgehead atoms. The Morgan fingerprint density at radius 3 is 2.33 bits per heavy atom. The molecule has 1 aromatic heterocycles. The molecule has 1 fully saturated rings. The molecular formula is C25H22ClF6N3O4. The number of hydrogen-bond acceptors (Lipinski definition) is 5. The molecule has 3 aromatic rings. The van der Waals surface area contributed by atoms with E-state index in [0.29, 0.717) is 19.8 Å². The zero-order chi connectivity index (χ0) is 28.6. The molecule has 0 aliphatic carbocycles. The van der Waals surface area contributed by atoms with E-state index in [9.17, 15) is 41.0 Å². The number of aliphatic hydroxyl groups is 1. The second kappa shape index (κ2) is 10.8. The standard InChI is InChI=1S/C25H22ClF6N3O4/c26-18-6-4-15(5-7-18)21-33-35(22(38)34(21)12-20(37)25(30,31)32)11-19(36)8-9-23(13-39-14-23)16-2-1-3-17(10-16)24(27,28)29/h1-7,10,20,37H,8-9,11-14H2. The van der Waals surface area contributed by atoms with Gasteiger partial charge in [-0.3, -0.25) is 9.36 Å². The first-order valence-electron chi connectivity index (χ1n) is 11.7. The van der Waals surface area contributed by atoms with Crippen LogP contribution in [0.5, 0.6) is 0 Å². The van der Waals surface area contributed by atoms with Gasteiger partial charge in [0.05, 0.1) is 25.3 Å². The highest BCUT2D eigenvalue weighted by Gasteiger charge is 2.42. The number of benzene rings is 2. The van der Waals surface area contributed by atoms with E-state index in [1.165, 1.54) is 36.4 Å². The predicted octanol–water partition coefficient (Wildman–Crippen LogP) is 4.62. The number of alkyl halides is 6. The van der Waals surface area contributed by atoms with Gasteiger partial charge in [-0.2, -0.15) is 26.3 Å². The summed E-state index contributed by atoms with van der Waals surface area (Å²) < 4.78 is 85.2. The van der Waals surface area contributed by atoms with Gasteiger partial charge in [-0.25, -0.2) is 9.48 Å². The Bertz CT molecular complexity index is 1390. The number of ketones is 1. The smallest absolute Gasteiger partial charge is 0.382 e. The van der Waals surface area contributed by atoms with E-state index < -0.39 is 54.0 Å². The number of hydrogen-bond donors (Lipinski definition) is 1. The van der Waals surface area contributed by atoms with Crippen molar-refractivity contribution in [3.8, 4) is 11.4 Å². The van der Waals surface area contributed by atoms with Crippen LogP contribution < -0.4 is 5.69 Å². The van der Waals surface area contributed by atoms with Crippen LogP contribution in [0.1, 0.15) is 24.0 Å². The molecule has 0 amide bonds. The fourth-order valence-electron chi connectivity index (χ4n) is 4.25. The van der Waals surface area contributed by atoms with Crippen LogP contribution in [0.2, 0.25) is 5.02 Å². The third kappa shape index (κ3) is 6.36. The molecule has 14 heteroatoms. The zero-order valence-electron chi connectivity index (χ0n) is 20.1. The van der Waals surface area contributed by atoms with E-state index in [-0.39, 0.29) is 37.4 Å². The lowest BCUT2D eigenvalue weighted by Gasteiger charge is -2.42. The average Bonchev–Trinajstić information content (AvgIpc) is 3.13. The van der Waals surface area contributed by atoms with E-state index >= 15 is 0 Å². The Morgan fingerprint density at radius 1 is 1.10 bits per heavy atom. The molecule has 0 spiro atoms. The van der Waals surface area contributed by atoms with Crippen LogP contribution in [0.3, 0.4) is 0 Å². The van der Waals surface area contributed by atoms with Crippen molar-refractivity contribution in [2.45, 2.75) is 49.8 Å². The Labute approximate surface area is 222 Å². The average molecular weight is 578 g/mol. The van der Waals surface area contributed by atoms with Gasteiger partial charge in [0, 0.05) is 22.4 Å². The van der Waals surface area contributed by atoms with Crippen molar-refractivity contribution in [1.29, 1.82) is 0 Å². The number of aliphatic hydroxyl groups excluding tert-OH is 1. The largest absolute Gasteiger partial charge is 0.416 e. The second-order valence-corrected chi connectivity index (χ2v) is 9.77. The maximum atomic E-state index is 13.2. The Morgan fingerprint density at radius 2 is 1.77 bits per heavy atom.